The molecule has 0 aliphatic rings. The Morgan fingerprint density at radius 2 is 1.32 bits per heavy atom. The molecule has 108 valence electrons. The summed E-state index contributed by atoms with van der Waals surface area (Å²) in [5, 5.41) is 8.47. The number of rotatable bonds is 12. The lowest BCUT2D eigenvalue weighted by atomic mass is 10.4. The highest BCUT2D eigenvalue weighted by molar-refractivity contribution is 5.16. The Morgan fingerprint density at radius 1 is 0.789 bits per heavy atom. The SMILES string of the molecule is OCCOCCOCCOCCOc1ccncc1. The number of hydrogen-bond donors (Lipinski definition) is 1. The number of ether oxygens (including phenoxy) is 4. The number of nitrogens with zero attached hydrogens (tertiary/aromatic N) is 1. The molecular weight excluding hydrogens is 250 g/mol. The van der Waals surface area contributed by atoms with Crippen LogP contribution in [0.2, 0.25) is 0 Å². The van der Waals surface area contributed by atoms with Gasteiger partial charge in [0.2, 0.25) is 0 Å². The Morgan fingerprint density at radius 3 is 1.89 bits per heavy atom. The molecule has 0 spiro atoms. The maximum Gasteiger partial charge on any atom is 0.122 e. The van der Waals surface area contributed by atoms with Gasteiger partial charge in [0, 0.05) is 12.4 Å². The second-order valence-corrected chi connectivity index (χ2v) is 3.59. The molecule has 19 heavy (non-hydrogen) atoms. The van der Waals surface area contributed by atoms with E-state index in [2.05, 4.69) is 4.98 Å². The minimum atomic E-state index is 0.0422. The Hall–Kier alpha value is -1.21. The number of aliphatic hydroxyl groups is 1. The fraction of sp³-hybridized carbons (Fsp3) is 0.615. The molecule has 1 aromatic rings. The summed E-state index contributed by atoms with van der Waals surface area (Å²) in [4.78, 5) is 3.90. The maximum absolute atomic E-state index is 8.47. The monoisotopic (exact) mass is 271 g/mol. The first kappa shape index (κ1) is 15.8. The molecule has 6 nitrogen and oxygen atoms in total. The van der Waals surface area contributed by atoms with Gasteiger partial charge in [-0.1, -0.05) is 0 Å². The predicted molar refractivity (Wildman–Crippen MR) is 69.3 cm³/mol. The van der Waals surface area contributed by atoms with Crippen LogP contribution in [0, 0.1) is 0 Å². The molecule has 1 aromatic heterocycles. The van der Waals surface area contributed by atoms with Gasteiger partial charge in [0.1, 0.15) is 12.4 Å². The van der Waals surface area contributed by atoms with Gasteiger partial charge in [-0.15, -0.1) is 0 Å². The smallest absolute Gasteiger partial charge is 0.122 e. The Labute approximate surface area is 113 Å². The van der Waals surface area contributed by atoms with E-state index in [0.29, 0.717) is 46.2 Å². The van der Waals surface area contributed by atoms with E-state index in [-0.39, 0.29) is 6.61 Å². The van der Waals surface area contributed by atoms with Crippen molar-refractivity contribution in [2.24, 2.45) is 0 Å². The van der Waals surface area contributed by atoms with Crippen LogP contribution in [0.1, 0.15) is 0 Å². The minimum Gasteiger partial charge on any atom is -0.491 e. The largest absolute Gasteiger partial charge is 0.491 e. The van der Waals surface area contributed by atoms with Crippen LogP contribution in [-0.4, -0.2) is 62.9 Å². The molecule has 0 amide bonds. The van der Waals surface area contributed by atoms with Gasteiger partial charge in [-0.25, -0.2) is 0 Å². The van der Waals surface area contributed by atoms with E-state index in [9.17, 15) is 0 Å². The van der Waals surface area contributed by atoms with Crippen molar-refractivity contribution in [3.63, 3.8) is 0 Å². The summed E-state index contributed by atoms with van der Waals surface area (Å²) in [7, 11) is 0. The van der Waals surface area contributed by atoms with Crippen molar-refractivity contribution in [1.82, 2.24) is 4.98 Å². The van der Waals surface area contributed by atoms with E-state index in [1.165, 1.54) is 0 Å². The van der Waals surface area contributed by atoms with Crippen LogP contribution >= 0.6 is 0 Å². The fourth-order valence-electron chi connectivity index (χ4n) is 1.26. The molecule has 0 unspecified atom stereocenters. The molecule has 0 aliphatic heterocycles. The molecule has 0 bridgehead atoms. The summed E-state index contributed by atoms with van der Waals surface area (Å²) in [5.41, 5.74) is 0. The Balaban J connectivity index is 1.79. The molecule has 0 saturated heterocycles. The van der Waals surface area contributed by atoms with Gasteiger partial charge in [-0.2, -0.15) is 0 Å². The van der Waals surface area contributed by atoms with Gasteiger partial charge in [0.25, 0.3) is 0 Å². The second kappa shape index (κ2) is 11.9. The van der Waals surface area contributed by atoms with E-state index in [4.69, 9.17) is 24.1 Å². The zero-order valence-electron chi connectivity index (χ0n) is 11.0. The van der Waals surface area contributed by atoms with E-state index in [1.807, 2.05) is 0 Å². The summed E-state index contributed by atoms with van der Waals surface area (Å²) >= 11 is 0. The molecular formula is C13H21NO5. The number of aliphatic hydroxyl groups excluding tert-OH is 1. The van der Waals surface area contributed by atoms with Crippen molar-refractivity contribution in [1.29, 1.82) is 0 Å². The lowest BCUT2D eigenvalue weighted by Gasteiger charge is -2.07. The minimum absolute atomic E-state index is 0.0422. The van der Waals surface area contributed by atoms with Crippen LogP contribution in [0.25, 0.3) is 0 Å². The molecule has 0 radical (unpaired) electrons. The molecule has 6 heteroatoms. The van der Waals surface area contributed by atoms with Crippen LogP contribution < -0.4 is 4.74 Å². The van der Waals surface area contributed by atoms with Crippen LogP contribution in [0.4, 0.5) is 0 Å². The lowest BCUT2D eigenvalue weighted by Crippen LogP contribution is -2.13. The molecule has 1 heterocycles. The van der Waals surface area contributed by atoms with Crippen LogP contribution in [-0.2, 0) is 14.2 Å². The molecule has 1 rings (SSSR count). The van der Waals surface area contributed by atoms with Gasteiger partial charge in [0.05, 0.1) is 46.2 Å². The first-order valence-electron chi connectivity index (χ1n) is 6.30. The quantitative estimate of drug-likeness (QED) is 0.558. The molecule has 0 aromatic carbocycles. The average molecular weight is 271 g/mol. The standard InChI is InChI=1S/C13H21NO5/c15-5-6-16-7-8-17-9-10-18-11-12-19-13-1-3-14-4-2-13/h1-4,15H,5-12H2. The summed E-state index contributed by atoms with van der Waals surface area (Å²) in [6.45, 7) is 3.48. The zero-order chi connectivity index (χ0) is 13.6. The number of pyridine rings is 1. The molecule has 0 saturated carbocycles. The molecule has 0 fully saturated rings. The van der Waals surface area contributed by atoms with Crippen molar-refractivity contribution < 1.29 is 24.1 Å². The average Bonchev–Trinajstić information content (AvgIpc) is 2.46. The van der Waals surface area contributed by atoms with Crippen LogP contribution in [0.3, 0.4) is 0 Å². The third-order valence-electron chi connectivity index (χ3n) is 2.13. The highest BCUT2D eigenvalue weighted by Crippen LogP contribution is 2.05. The van der Waals surface area contributed by atoms with Crippen molar-refractivity contribution in [3.05, 3.63) is 24.5 Å². The summed E-state index contributed by atoms with van der Waals surface area (Å²) < 4.78 is 21.1. The van der Waals surface area contributed by atoms with Crippen molar-refractivity contribution in [3.8, 4) is 5.75 Å². The Bertz CT molecular complexity index is 296. The van der Waals surface area contributed by atoms with Crippen LogP contribution in [0.5, 0.6) is 5.75 Å². The maximum atomic E-state index is 8.47. The summed E-state index contributed by atoms with van der Waals surface area (Å²) in [6, 6.07) is 3.60. The first-order valence-corrected chi connectivity index (χ1v) is 6.30. The van der Waals surface area contributed by atoms with E-state index >= 15 is 0 Å². The molecule has 1 N–H and O–H groups in total. The normalized spacial score (nSPS) is 10.6. The molecule has 0 atom stereocenters. The summed E-state index contributed by atoms with van der Waals surface area (Å²) in [6.07, 6.45) is 3.37. The predicted octanol–water partition coefficient (Wildman–Crippen LogP) is 0.502. The van der Waals surface area contributed by atoms with Crippen LogP contribution in [0.15, 0.2) is 24.5 Å². The fourth-order valence-corrected chi connectivity index (χ4v) is 1.26. The van der Waals surface area contributed by atoms with Gasteiger partial charge >= 0.3 is 0 Å². The van der Waals surface area contributed by atoms with Crippen molar-refractivity contribution in [2.45, 2.75) is 0 Å². The van der Waals surface area contributed by atoms with Gasteiger partial charge in [0.15, 0.2) is 0 Å². The first-order chi connectivity index (χ1) is 9.43. The number of aromatic nitrogens is 1. The van der Waals surface area contributed by atoms with E-state index < -0.39 is 0 Å². The Kier molecular flexibility index (Phi) is 9.89. The van der Waals surface area contributed by atoms with Gasteiger partial charge in [-0.05, 0) is 12.1 Å². The second-order valence-electron chi connectivity index (χ2n) is 3.59. The lowest BCUT2D eigenvalue weighted by molar-refractivity contribution is 0.00361. The third-order valence-corrected chi connectivity index (χ3v) is 2.13. The molecule has 0 aliphatic carbocycles. The van der Waals surface area contributed by atoms with Gasteiger partial charge in [-0.3, -0.25) is 4.98 Å². The van der Waals surface area contributed by atoms with E-state index in [0.717, 1.165) is 5.75 Å². The van der Waals surface area contributed by atoms with Crippen molar-refractivity contribution in [2.75, 3.05) is 52.9 Å². The summed E-state index contributed by atoms with van der Waals surface area (Å²) in [5.74, 6) is 0.788. The zero-order valence-corrected chi connectivity index (χ0v) is 11.0. The van der Waals surface area contributed by atoms with Gasteiger partial charge < -0.3 is 24.1 Å². The highest BCUT2D eigenvalue weighted by atomic mass is 16.6. The topological polar surface area (TPSA) is 70.0 Å². The number of hydrogen-bond acceptors (Lipinski definition) is 6. The van der Waals surface area contributed by atoms with Crippen molar-refractivity contribution >= 4 is 0 Å². The highest BCUT2D eigenvalue weighted by Gasteiger charge is 1.93. The van der Waals surface area contributed by atoms with E-state index in [1.54, 1.807) is 24.5 Å². The third kappa shape index (κ3) is 9.38.